The van der Waals surface area contributed by atoms with Gasteiger partial charge in [0.2, 0.25) is 0 Å². The third kappa shape index (κ3) is 4.57. The second-order valence-electron chi connectivity index (χ2n) is 18.7. The van der Waals surface area contributed by atoms with Crippen molar-refractivity contribution in [1.29, 1.82) is 0 Å². The first-order valence-corrected chi connectivity index (χ1v) is 22.7. The second kappa shape index (κ2) is 12.9. The Kier molecular flexibility index (Phi) is 7.20. The van der Waals surface area contributed by atoms with Crippen molar-refractivity contribution < 1.29 is 0 Å². The average Bonchev–Trinajstić information content (AvgIpc) is 3.90. The normalized spacial score (nSPS) is 14.3. The Morgan fingerprint density at radius 3 is 1.30 bits per heavy atom. The Balaban J connectivity index is 0.978. The van der Waals surface area contributed by atoms with Crippen LogP contribution < -0.4 is 0 Å². The molecule has 0 bridgehead atoms. The molecule has 298 valence electrons. The molecule has 0 saturated carbocycles. The lowest BCUT2D eigenvalue weighted by molar-refractivity contribution is 0.663. The van der Waals surface area contributed by atoms with E-state index in [2.05, 4.69) is 232 Å². The highest BCUT2D eigenvalue weighted by molar-refractivity contribution is 6.21. The molecule has 0 nitrogen and oxygen atoms in total. The SMILES string of the molecule is CC1(C)c2cc3ccccc3cc2-c2cccc(-c3cccc(-c4c5ccccc5c(-c5ccc6c(c5)C5(c7ccccc7-c7ccccc75)c5ccccc5-6)c5ccccc45)c3)c21. The topological polar surface area (TPSA) is 0 Å². The van der Waals surface area contributed by atoms with Gasteiger partial charge in [-0.2, -0.15) is 0 Å². The molecule has 3 aliphatic carbocycles. The molecule has 0 aromatic heterocycles. The van der Waals surface area contributed by atoms with E-state index in [9.17, 15) is 0 Å². The lowest BCUT2D eigenvalue weighted by Crippen LogP contribution is -2.25. The van der Waals surface area contributed by atoms with E-state index in [4.69, 9.17) is 0 Å². The average molecular weight is 811 g/mol. The molecule has 14 rings (SSSR count). The fraction of sp³-hybridized carbons (Fsp3) is 0.0625. The van der Waals surface area contributed by atoms with Gasteiger partial charge in [-0.15, -0.1) is 0 Å². The van der Waals surface area contributed by atoms with E-state index in [-0.39, 0.29) is 5.41 Å². The van der Waals surface area contributed by atoms with Crippen molar-refractivity contribution >= 4 is 32.3 Å². The van der Waals surface area contributed by atoms with Crippen molar-refractivity contribution in [3.8, 4) is 66.8 Å². The number of hydrogen-bond donors (Lipinski definition) is 0. The van der Waals surface area contributed by atoms with E-state index in [0.29, 0.717) is 0 Å². The highest BCUT2D eigenvalue weighted by Crippen LogP contribution is 2.63. The molecule has 11 aromatic rings. The molecule has 0 aliphatic heterocycles. The van der Waals surface area contributed by atoms with Gasteiger partial charge in [-0.25, -0.2) is 0 Å². The molecule has 3 aliphatic rings. The maximum absolute atomic E-state index is 2.54. The summed E-state index contributed by atoms with van der Waals surface area (Å²) in [6, 6.07) is 82.7. The van der Waals surface area contributed by atoms with Crippen molar-refractivity contribution in [2.75, 3.05) is 0 Å². The largest absolute Gasteiger partial charge is 0.0725 e. The van der Waals surface area contributed by atoms with Crippen molar-refractivity contribution in [3.05, 3.63) is 252 Å². The Bertz CT molecular complexity index is 3700. The fourth-order valence-electron chi connectivity index (χ4n) is 12.6. The Morgan fingerprint density at radius 2 is 0.703 bits per heavy atom. The third-order valence-electron chi connectivity index (χ3n) is 15.2. The Morgan fingerprint density at radius 1 is 0.266 bits per heavy atom. The van der Waals surface area contributed by atoms with Crippen LogP contribution in [-0.2, 0) is 10.8 Å². The van der Waals surface area contributed by atoms with Gasteiger partial charge in [0.25, 0.3) is 0 Å². The van der Waals surface area contributed by atoms with Crippen LogP contribution in [0.15, 0.2) is 218 Å². The van der Waals surface area contributed by atoms with Gasteiger partial charge in [-0.05, 0) is 157 Å². The molecule has 0 fully saturated rings. The smallest absolute Gasteiger partial charge is 0.0619 e. The minimum absolute atomic E-state index is 0.152. The molecule has 64 heavy (non-hydrogen) atoms. The third-order valence-corrected chi connectivity index (χ3v) is 15.2. The summed E-state index contributed by atoms with van der Waals surface area (Å²) in [6.07, 6.45) is 0. The fourth-order valence-corrected chi connectivity index (χ4v) is 12.6. The minimum atomic E-state index is -0.401. The van der Waals surface area contributed by atoms with Crippen LogP contribution in [0.4, 0.5) is 0 Å². The molecule has 0 saturated heterocycles. The molecule has 0 heteroatoms. The maximum Gasteiger partial charge on any atom is 0.0725 e. The van der Waals surface area contributed by atoms with Gasteiger partial charge in [0.1, 0.15) is 0 Å². The van der Waals surface area contributed by atoms with E-state index >= 15 is 0 Å². The molecule has 0 amide bonds. The van der Waals surface area contributed by atoms with E-state index in [1.54, 1.807) is 0 Å². The monoisotopic (exact) mass is 810 g/mol. The van der Waals surface area contributed by atoms with E-state index in [0.717, 1.165) is 0 Å². The summed E-state index contributed by atoms with van der Waals surface area (Å²) in [7, 11) is 0. The summed E-state index contributed by atoms with van der Waals surface area (Å²) in [6.45, 7) is 4.81. The molecule has 0 N–H and O–H groups in total. The van der Waals surface area contributed by atoms with Crippen LogP contribution >= 0.6 is 0 Å². The highest BCUT2D eigenvalue weighted by Gasteiger charge is 2.51. The number of benzene rings is 11. The van der Waals surface area contributed by atoms with Gasteiger partial charge >= 0.3 is 0 Å². The van der Waals surface area contributed by atoms with Crippen molar-refractivity contribution in [3.63, 3.8) is 0 Å². The van der Waals surface area contributed by atoms with Gasteiger partial charge in [0.15, 0.2) is 0 Å². The van der Waals surface area contributed by atoms with Gasteiger partial charge < -0.3 is 0 Å². The van der Waals surface area contributed by atoms with Crippen LogP contribution in [0.5, 0.6) is 0 Å². The van der Waals surface area contributed by atoms with Crippen molar-refractivity contribution in [1.82, 2.24) is 0 Å². The molecular formula is C64H42. The zero-order valence-corrected chi connectivity index (χ0v) is 35.8. The first-order chi connectivity index (χ1) is 31.5. The first kappa shape index (κ1) is 35.8. The lowest BCUT2D eigenvalue weighted by Gasteiger charge is -2.31. The Hall–Kier alpha value is -7.80. The van der Waals surface area contributed by atoms with Gasteiger partial charge in [-0.3, -0.25) is 0 Å². The van der Waals surface area contributed by atoms with Crippen LogP contribution in [0.25, 0.3) is 99.1 Å². The predicted octanol–water partition coefficient (Wildman–Crippen LogP) is 16.8. The molecule has 0 unspecified atom stereocenters. The maximum atomic E-state index is 2.54. The zero-order chi connectivity index (χ0) is 42.3. The first-order valence-electron chi connectivity index (χ1n) is 22.7. The summed E-state index contributed by atoms with van der Waals surface area (Å²) >= 11 is 0. The van der Waals surface area contributed by atoms with Crippen LogP contribution in [0, 0.1) is 0 Å². The molecular weight excluding hydrogens is 769 g/mol. The molecule has 11 aromatic carbocycles. The van der Waals surface area contributed by atoms with Gasteiger partial charge in [0, 0.05) is 5.41 Å². The van der Waals surface area contributed by atoms with E-state index < -0.39 is 5.41 Å². The summed E-state index contributed by atoms with van der Waals surface area (Å²) in [4.78, 5) is 0. The van der Waals surface area contributed by atoms with Crippen molar-refractivity contribution in [2.24, 2.45) is 0 Å². The van der Waals surface area contributed by atoms with Crippen LogP contribution in [0.1, 0.15) is 47.2 Å². The summed E-state index contributed by atoms with van der Waals surface area (Å²) in [5.74, 6) is 0. The quantitative estimate of drug-likeness (QED) is 0.156. The summed E-state index contributed by atoms with van der Waals surface area (Å²) in [5.41, 5.74) is 23.3. The van der Waals surface area contributed by atoms with E-state index in [1.807, 2.05) is 0 Å². The standard InChI is InChI=1S/C64H42/c1-63(2)58-37-40-18-4-3-17-39(40)36-54(58)53-29-16-28-44(62(53)63)41-19-15-20-42(35-41)60-49-24-5-7-26-51(49)61(52-27-8-6-25-50(52)60)43-33-34-48-47-23-11-14-32-57(47)64(59(48)38-43)55-30-12-9-21-45(55)46-22-10-13-31-56(46)64/h3-38H,1-2H3. The zero-order valence-electron chi connectivity index (χ0n) is 35.8. The number of hydrogen-bond acceptors (Lipinski definition) is 0. The Labute approximate surface area is 373 Å². The van der Waals surface area contributed by atoms with Gasteiger partial charge in [0.05, 0.1) is 5.41 Å². The van der Waals surface area contributed by atoms with Crippen molar-refractivity contribution in [2.45, 2.75) is 24.7 Å². The lowest BCUT2D eigenvalue weighted by atomic mass is 9.70. The molecule has 0 atom stereocenters. The highest BCUT2D eigenvalue weighted by atomic mass is 14.5. The summed E-state index contributed by atoms with van der Waals surface area (Å²) in [5, 5.41) is 7.65. The molecule has 0 heterocycles. The van der Waals surface area contributed by atoms with Crippen LogP contribution in [0.2, 0.25) is 0 Å². The van der Waals surface area contributed by atoms with E-state index in [1.165, 1.54) is 132 Å². The van der Waals surface area contributed by atoms with Crippen LogP contribution in [0.3, 0.4) is 0 Å². The second-order valence-corrected chi connectivity index (χ2v) is 18.7. The number of rotatable bonds is 3. The predicted molar refractivity (Wildman–Crippen MR) is 269 cm³/mol. The minimum Gasteiger partial charge on any atom is -0.0619 e. The summed E-state index contributed by atoms with van der Waals surface area (Å²) < 4.78 is 0. The molecule has 0 radical (unpaired) electrons. The van der Waals surface area contributed by atoms with Gasteiger partial charge in [-0.1, -0.05) is 208 Å². The molecule has 1 spiro atoms. The number of fused-ring (bicyclic) bond motifs is 16. The van der Waals surface area contributed by atoms with Crippen LogP contribution in [-0.4, -0.2) is 0 Å².